The Hall–Kier alpha value is -4.53. The first-order valence-electron chi connectivity index (χ1n) is 12.4. The average molecular weight is 494 g/mol. The summed E-state index contributed by atoms with van der Waals surface area (Å²) >= 11 is 6.89. The lowest BCUT2D eigenvalue weighted by Gasteiger charge is -2.27. The van der Waals surface area contributed by atoms with Crippen LogP contribution in [0, 0.1) is 0 Å². The molecule has 1 heterocycles. The first kappa shape index (κ1) is 20.6. The number of halogens is 1. The summed E-state index contributed by atoms with van der Waals surface area (Å²) < 4.78 is 6.40. The number of anilines is 3. The van der Waals surface area contributed by atoms with E-state index < -0.39 is 0 Å². The van der Waals surface area contributed by atoms with E-state index in [0.29, 0.717) is 0 Å². The van der Waals surface area contributed by atoms with Crippen molar-refractivity contribution in [3.05, 3.63) is 126 Å². The maximum absolute atomic E-state index is 6.89. The highest BCUT2D eigenvalue weighted by Crippen LogP contribution is 2.53. The highest BCUT2D eigenvalue weighted by molar-refractivity contribution is 6.39. The Morgan fingerprint density at radius 3 is 1.84 bits per heavy atom. The van der Waals surface area contributed by atoms with Gasteiger partial charge >= 0.3 is 0 Å². The van der Waals surface area contributed by atoms with Crippen molar-refractivity contribution in [2.45, 2.75) is 0 Å². The molecular formula is C34H20ClNO. The molecule has 7 aromatic rings. The quantitative estimate of drug-likeness (QED) is 0.243. The molecule has 0 radical (unpaired) electrons. The molecule has 0 aliphatic heterocycles. The van der Waals surface area contributed by atoms with Crippen LogP contribution in [0.15, 0.2) is 126 Å². The van der Waals surface area contributed by atoms with Crippen molar-refractivity contribution in [1.29, 1.82) is 0 Å². The first-order valence-corrected chi connectivity index (χ1v) is 12.8. The predicted octanol–water partition coefficient (Wildman–Crippen LogP) is 10.5. The summed E-state index contributed by atoms with van der Waals surface area (Å²) in [6.45, 7) is 0. The molecule has 1 aliphatic carbocycles. The SMILES string of the molecule is Clc1ccc2oc3ccc4c(N(c5ccccc5)c5ccccc5)ccc5c4c3c2c1-c1ccccc1-5. The van der Waals surface area contributed by atoms with Crippen molar-refractivity contribution in [3.8, 4) is 22.3 Å². The summed E-state index contributed by atoms with van der Waals surface area (Å²) in [4.78, 5) is 2.33. The van der Waals surface area contributed by atoms with Gasteiger partial charge in [0.25, 0.3) is 0 Å². The predicted molar refractivity (Wildman–Crippen MR) is 155 cm³/mol. The number of hydrogen-bond donors (Lipinski definition) is 0. The zero-order chi connectivity index (χ0) is 24.5. The van der Waals surface area contributed by atoms with E-state index in [-0.39, 0.29) is 0 Å². The summed E-state index contributed by atoms with van der Waals surface area (Å²) in [5.74, 6) is 0. The summed E-state index contributed by atoms with van der Waals surface area (Å²) in [6, 6.07) is 42.4. The van der Waals surface area contributed by atoms with E-state index in [2.05, 4.69) is 114 Å². The average Bonchev–Trinajstić information content (AvgIpc) is 3.27. The third-order valence-electron chi connectivity index (χ3n) is 7.46. The fraction of sp³-hybridized carbons (Fsp3) is 0. The van der Waals surface area contributed by atoms with Crippen LogP contribution in [0.3, 0.4) is 0 Å². The van der Waals surface area contributed by atoms with Gasteiger partial charge in [-0.1, -0.05) is 78.3 Å². The molecule has 0 saturated heterocycles. The normalized spacial score (nSPS) is 11.9. The van der Waals surface area contributed by atoms with E-state index >= 15 is 0 Å². The van der Waals surface area contributed by atoms with E-state index in [1.807, 2.05) is 12.1 Å². The van der Waals surface area contributed by atoms with Crippen molar-refractivity contribution >= 4 is 61.4 Å². The number of benzene rings is 6. The second kappa shape index (κ2) is 7.73. The van der Waals surface area contributed by atoms with Gasteiger partial charge in [0.1, 0.15) is 11.2 Å². The van der Waals surface area contributed by atoms with Crippen molar-refractivity contribution in [3.63, 3.8) is 0 Å². The van der Waals surface area contributed by atoms with E-state index in [4.69, 9.17) is 16.0 Å². The van der Waals surface area contributed by atoms with Crippen LogP contribution >= 0.6 is 11.6 Å². The molecule has 1 aromatic heterocycles. The molecule has 0 saturated carbocycles. The van der Waals surface area contributed by atoms with Gasteiger partial charge in [0.2, 0.25) is 0 Å². The van der Waals surface area contributed by atoms with Crippen molar-refractivity contribution in [2.75, 3.05) is 4.90 Å². The highest BCUT2D eigenvalue weighted by Gasteiger charge is 2.27. The standard InChI is InChI=1S/C34H20ClNO/c35-27-17-20-30-34-32(27)24-14-8-7-13-23(24)25-15-18-28(26-16-19-29(37-30)33(34)31(25)26)36(21-9-3-1-4-10-21)22-11-5-2-6-12-22/h1-20H. The van der Waals surface area contributed by atoms with Gasteiger partial charge in [-0.3, -0.25) is 0 Å². The Kier molecular flexibility index (Phi) is 4.31. The smallest absolute Gasteiger partial charge is 0.136 e. The lowest BCUT2D eigenvalue weighted by molar-refractivity contribution is 0.669. The number of para-hydroxylation sites is 2. The topological polar surface area (TPSA) is 16.4 Å². The molecule has 0 spiro atoms. The third-order valence-corrected chi connectivity index (χ3v) is 7.78. The van der Waals surface area contributed by atoms with Crippen LogP contribution in [-0.2, 0) is 0 Å². The van der Waals surface area contributed by atoms with Gasteiger partial charge in [0, 0.05) is 43.5 Å². The molecule has 6 aromatic carbocycles. The number of furan rings is 1. The van der Waals surface area contributed by atoms with Gasteiger partial charge in [-0.25, -0.2) is 0 Å². The summed E-state index contributed by atoms with van der Waals surface area (Å²) in [6.07, 6.45) is 0. The van der Waals surface area contributed by atoms with Crippen LogP contribution in [0.25, 0.3) is 55.0 Å². The first-order chi connectivity index (χ1) is 18.3. The van der Waals surface area contributed by atoms with Crippen molar-refractivity contribution in [2.24, 2.45) is 0 Å². The number of nitrogens with zero attached hydrogens (tertiary/aromatic N) is 1. The molecule has 2 nitrogen and oxygen atoms in total. The van der Waals surface area contributed by atoms with Crippen LogP contribution in [-0.4, -0.2) is 0 Å². The van der Waals surface area contributed by atoms with E-state index in [9.17, 15) is 0 Å². The number of hydrogen-bond acceptors (Lipinski definition) is 2. The van der Waals surface area contributed by atoms with Gasteiger partial charge in [-0.15, -0.1) is 0 Å². The fourth-order valence-electron chi connectivity index (χ4n) is 5.96. The van der Waals surface area contributed by atoms with Crippen molar-refractivity contribution < 1.29 is 4.42 Å². The van der Waals surface area contributed by atoms with Crippen LogP contribution in [0.1, 0.15) is 0 Å². The Bertz CT molecular complexity index is 1950. The van der Waals surface area contributed by atoms with Gasteiger partial charge in [0.15, 0.2) is 0 Å². The fourth-order valence-corrected chi connectivity index (χ4v) is 6.21. The number of fused-ring (bicyclic) bond motifs is 3. The van der Waals surface area contributed by atoms with E-state index in [0.717, 1.165) is 55.2 Å². The Morgan fingerprint density at radius 2 is 1.11 bits per heavy atom. The molecule has 0 unspecified atom stereocenters. The van der Waals surface area contributed by atoms with Gasteiger partial charge < -0.3 is 9.32 Å². The second-order valence-corrected chi connectivity index (χ2v) is 9.85. The molecule has 3 heteroatoms. The molecule has 0 bridgehead atoms. The van der Waals surface area contributed by atoms with Crippen LogP contribution in [0.2, 0.25) is 5.02 Å². The van der Waals surface area contributed by atoms with Gasteiger partial charge in [-0.2, -0.15) is 0 Å². The lowest BCUT2D eigenvalue weighted by atomic mass is 9.92. The largest absolute Gasteiger partial charge is 0.456 e. The molecule has 0 N–H and O–H groups in total. The molecule has 0 amide bonds. The molecular weight excluding hydrogens is 474 g/mol. The highest BCUT2D eigenvalue weighted by atomic mass is 35.5. The minimum atomic E-state index is 0.739. The molecule has 0 fully saturated rings. The summed E-state index contributed by atoms with van der Waals surface area (Å²) in [5.41, 5.74) is 9.63. The Labute approximate surface area is 218 Å². The minimum absolute atomic E-state index is 0.739. The summed E-state index contributed by atoms with van der Waals surface area (Å²) in [5, 5.41) is 5.31. The zero-order valence-corrected chi connectivity index (χ0v) is 20.5. The van der Waals surface area contributed by atoms with Crippen LogP contribution < -0.4 is 4.90 Å². The molecule has 37 heavy (non-hydrogen) atoms. The van der Waals surface area contributed by atoms with E-state index in [1.54, 1.807) is 0 Å². The summed E-state index contributed by atoms with van der Waals surface area (Å²) in [7, 11) is 0. The Morgan fingerprint density at radius 1 is 0.486 bits per heavy atom. The van der Waals surface area contributed by atoms with Gasteiger partial charge in [0.05, 0.1) is 5.69 Å². The second-order valence-electron chi connectivity index (χ2n) is 9.44. The van der Waals surface area contributed by atoms with Gasteiger partial charge in [-0.05, 0) is 71.3 Å². The maximum Gasteiger partial charge on any atom is 0.136 e. The molecule has 1 aliphatic rings. The van der Waals surface area contributed by atoms with Crippen LogP contribution in [0.5, 0.6) is 0 Å². The lowest BCUT2D eigenvalue weighted by Crippen LogP contribution is -2.10. The van der Waals surface area contributed by atoms with E-state index in [1.165, 1.54) is 21.9 Å². The number of rotatable bonds is 3. The molecule has 174 valence electrons. The third kappa shape index (κ3) is 2.88. The minimum Gasteiger partial charge on any atom is -0.456 e. The monoisotopic (exact) mass is 493 g/mol. The molecule has 8 rings (SSSR count). The molecule has 0 atom stereocenters. The Balaban J connectivity index is 1.57. The van der Waals surface area contributed by atoms with Crippen LogP contribution in [0.4, 0.5) is 17.1 Å². The maximum atomic E-state index is 6.89. The zero-order valence-electron chi connectivity index (χ0n) is 19.8. The van der Waals surface area contributed by atoms with Crippen molar-refractivity contribution in [1.82, 2.24) is 0 Å².